The molecular formula is C12H19N5O4. The molecule has 0 aliphatic carbocycles. The first kappa shape index (κ1) is 15.4. The average Bonchev–Trinajstić information content (AvgIpc) is 2.52. The Morgan fingerprint density at radius 1 is 1.62 bits per heavy atom. The molecule has 2 heterocycles. The molecule has 21 heavy (non-hydrogen) atoms. The van der Waals surface area contributed by atoms with Crippen molar-refractivity contribution in [1.82, 2.24) is 14.9 Å². The van der Waals surface area contributed by atoms with Gasteiger partial charge in [0.05, 0.1) is 24.7 Å². The monoisotopic (exact) mass is 297 g/mol. The third kappa shape index (κ3) is 3.76. The third-order valence-corrected chi connectivity index (χ3v) is 3.33. The van der Waals surface area contributed by atoms with Crippen LogP contribution < -0.4 is 10.1 Å². The van der Waals surface area contributed by atoms with Crippen LogP contribution in [-0.4, -0.2) is 65.8 Å². The van der Waals surface area contributed by atoms with Gasteiger partial charge in [-0.2, -0.15) is 4.98 Å². The lowest BCUT2D eigenvalue weighted by Crippen LogP contribution is -2.45. The lowest BCUT2D eigenvalue weighted by Gasteiger charge is -2.32. The number of rotatable bonds is 6. The van der Waals surface area contributed by atoms with Crippen molar-refractivity contribution in [3.8, 4) is 5.88 Å². The summed E-state index contributed by atoms with van der Waals surface area (Å²) < 4.78 is 10.5. The van der Waals surface area contributed by atoms with Crippen LogP contribution in [0.15, 0.2) is 6.33 Å². The van der Waals surface area contributed by atoms with Gasteiger partial charge in [0.15, 0.2) is 0 Å². The number of hydrogen-bond acceptors (Lipinski definition) is 8. The van der Waals surface area contributed by atoms with Gasteiger partial charge in [-0.1, -0.05) is 6.92 Å². The highest BCUT2D eigenvalue weighted by atomic mass is 16.6. The van der Waals surface area contributed by atoms with Crippen molar-refractivity contribution in [2.75, 3.05) is 45.2 Å². The standard InChI is InChI=1S/C12H19N5O4/c1-3-16-4-5-21-9(7-16)6-13-11-10(17(18)19)12(20-2)15-8-14-11/h8-9H,3-7H2,1-2H3,(H,13,14,15). The molecule has 1 unspecified atom stereocenters. The van der Waals surface area contributed by atoms with E-state index < -0.39 is 4.92 Å². The number of hydrogen-bond donors (Lipinski definition) is 1. The highest BCUT2D eigenvalue weighted by Gasteiger charge is 2.25. The highest BCUT2D eigenvalue weighted by Crippen LogP contribution is 2.30. The van der Waals surface area contributed by atoms with Gasteiger partial charge < -0.3 is 14.8 Å². The van der Waals surface area contributed by atoms with Crippen molar-refractivity contribution in [2.45, 2.75) is 13.0 Å². The van der Waals surface area contributed by atoms with Gasteiger partial charge in [-0.25, -0.2) is 4.98 Å². The number of methoxy groups -OCH3 is 1. The molecule has 1 aromatic heterocycles. The summed E-state index contributed by atoms with van der Waals surface area (Å²) in [7, 11) is 1.34. The Balaban J connectivity index is 2.04. The van der Waals surface area contributed by atoms with Crippen molar-refractivity contribution >= 4 is 11.5 Å². The van der Waals surface area contributed by atoms with Crippen molar-refractivity contribution < 1.29 is 14.4 Å². The summed E-state index contributed by atoms with van der Waals surface area (Å²) in [6.45, 7) is 5.86. The quantitative estimate of drug-likeness (QED) is 0.599. The molecule has 0 amide bonds. The maximum absolute atomic E-state index is 11.1. The molecule has 1 fully saturated rings. The smallest absolute Gasteiger partial charge is 0.372 e. The molecule has 0 spiro atoms. The zero-order chi connectivity index (χ0) is 15.2. The van der Waals surface area contributed by atoms with Crippen molar-refractivity contribution in [3.05, 3.63) is 16.4 Å². The minimum absolute atomic E-state index is 0.0285. The summed E-state index contributed by atoms with van der Waals surface area (Å²) in [5, 5.41) is 14.1. The number of morpholine rings is 1. The maximum Gasteiger partial charge on any atom is 0.372 e. The van der Waals surface area contributed by atoms with Crippen LogP contribution in [0, 0.1) is 10.1 Å². The molecule has 0 aromatic carbocycles. The predicted molar refractivity (Wildman–Crippen MR) is 75.6 cm³/mol. The predicted octanol–water partition coefficient (Wildman–Crippen LogP) is 0.526. The zero-order valence-electron chi connectivity index (χ0n) is 12.1. The van der Waals surface area contributed by atoms with Crippen LogP contribution in [0.1, 0.15) is 6.92 Å². The first-order valence-electron chi connectivity index (χ1n) is 6.76. The summed E-state index contributed by atoms with van der Waals surface area (Å²) in [6, 6.07) is 0. The summed E-state index contributed by atoms with van der Waals surface area (Å²) in [6.07, 6.45) is 1.20. The van der Waals surface area contributed by atoms with Gasteiger partial charge >= 0.3 is 5.69 Å². The molecule has 1 saturated heterocycles. The van der Waals surface area contributed by atoms with Crippen molar-refractivity contribution in [2.24, 2.45) is 0 Å². The largest absolute Gasteiger partial charge is 0.476 e. The molecule has 9 heteroatoms. The second kappa shape index (κ2) is 7.14. The summed E-state index contributed by atoms with van der Waals surface area (Å²) in [5.74, 6) is 0.0846. The number of ether oxygens (including phenoxy) is 2. The third-order valence-electron chi connectivity index (χ3n) is 3.33. The molecule has 2 rings (SSSR count). The number of nitro groups is 1. The Labute approximate surface area is 122 Å². The lowest BCUT2D eigenvalue weighted by molar-refractivity contribution is -0.385. The second-order valence-electron chi connectivity index (χ2n) is 4.60. The van der Waals surface area contributed by atoms with Crippen LogP contribution >= 0.6 is 0 Å². The van der Waals surface area contributed by atoms with Gasteiger partial charge in [-0.05, 0) is 6.54 Å². The summed E-state index contributed by atoms with van der Waals surface area (Å²) in [5.41, 5.74) is -0.261. The van der Waals surface area contributed by atoms with E-state index in [2.05, 4.69) is 27.1 Å². The number of likely N-dealkylation sites (N-methyl/N-ethyl adjacent to an activating group) is 1. The van der Waals surface area contributed by atoms with Crippen LogP contribution in [0.25, 0.3) is 0 Å². The fourth-order valence-electron chi connectivity index (χ4n) is 2.21. The normalized spacial score (nSPS) is 19.2. The average molecular weight is 297 g/mol. The molecule has 0 saturated carbocycles. The van der Waals surface area contributed by atoms with E-state index >= 15 is 0 Å². The molecule has 1 aromatic rings. The lowest BCUT2D eigenvalue weighted by atomic mass is 10.2. The van der Waals surface area contributed by atoms with E-state index in [1.165, 1.54) is 13.4 Å². The van der Waals surface area contributed by atoms with Crippen molar-refractivity contribution in [1.29, 1.82) is 0 Å². The number of aromatic nitrogens is 2. The van der Waals surface area contributed by atoms with E-state index in [-0.39, 0.29) is 23.5 Å². The summed E-state index contributed by atoms with van der Waals surface area (Å²) >= 11 is 0. The maximum atomic E-state index is 11.1. The fourth-order valence-corrected chi connectivity index (χ4v) is 2.21. The van der Waals surface area contributed by atoms with Gasteiger partial charge in [0.25, 0.3) is 5.88 Å². The van der Waals surface area contributed by atoms with Crippen molar-refractivity contribution in [3.63, 3.8) is 0 Å². The van der Waals surface area contributed by atoms with Crippen LogP contribution in [0.4, 0.5) is 11.5 Å². The van der Waals surface area contributed by atoms with E-state index in [1.54, 1.807) is 0 Å². The minimum atomic E-state index is -0.554. The Morgan fingerprint density at radius 3 is 3.10 bits per heavy atom. The number of anilines is 1. The van der Waals surface area contributed by atoms with Gasteiger partial charge in [0.1, 0.15) is 6.33 Å². The molecule has 1 aliphatic heterocycles. The first-order valence-corrected chi connectivity index (χ1v) is 6.76. The topological polar surface area (TPSA) is 103 Å². The Hall–Kier alpha value is -2.00. The Morgan fingerprint density at radius 2 is 2.43 bits per heavy atom. The number of nitrogens with one attached hydrogen (secondary N) is 1. The molecular weight excluding hydrogens is 278 g/mol. The van der Waals surface area contributed by atoms with Crippen LogP contribution in [-0.2, 0) is 4.74 Å². The molecule has 0 bridgehead atoms. The summed E-state index contributed by atoms with van der Waals surface area (Å²) in [4.78, 5) is 20.5. The van der Waals surface area contributed by atoms with E-state index in [1.807, 2.05) is 0 Å². The highest BCUT2D eigenvalue weighted by molar-refractivity contribution is 5.61. The Kier molecular flexibility index (Phi) is 5.23. The molecule has 1 N–H and O–H groups in total. The SMILES string of the molecule is CCN1CCOC(CNc2ncnc(OC)c2[N+](=O)[O-])C1. The van der Waals surface area contributed by atoms with E-state index in [0.29, 0.717) is 13.2 Å². The van der Waals surface area contributed by atoms with Crippen LogP contribution in [0.5, 0.6) is 5.88 Å². The minimum Gasteiger partial charge on any atom is -0.476 e. The van der Waals surface area contributed by atoms with Crippen LogP contribution in [0.2, 0.25) is 0 Å². The van der Waals surface area contributed by atoms with Gasteiger partial charge in [0.2, 0.25) is 5.82 Å². The molecule has 1 atom stereocenters. The zero-order valence-corrected chi connectivity index (χ0v) is 12.1. The van der Waals surface area contributed by atoms with E-state index in [4.69, 9.17) is 9.47 Å². The first-order chi connectivity index (χ1) is 10.2. The fraction of sp³-hybridized carbons (Fsp3) is 0.667. The molecule has 1 aliphatic rings. The molecule has 0 radical (unpaired) electrons. The van der Waals surface area contributed by atoms with Gasteiger partial charge in [-0.3, -0.25) is 15.0 Å². The number of nitrogens with zero attached hydrogens (tertiary/aromatic N) is 4. The van der Waals surface area contributed by atoms with Gasteiger partial charge in [-0.15, -0.1) is 0 Å². The Bertz CT molecular complexity index is 499. The van der Waals surface area contributed by atoms with E-state index in [0.717, 1.165) is 19.6 Å². The molecule has 116 valence electrons. The second-order valence-corrected chi connectivity index (χ2v) is 4.60. The molecule has 9 nitrogen and oxygen atoms in total. The van der Waals surface area contributed by atoms with Gasteiger partial charge in [0, 0.05) is 19.6 Å². The van der Waals surface area contributed by atoms with Crippen LogP contribution in [0.3, 0.4) is 0 Å². The van der Waals surface area contributed by atoms with E-state index in [9.17, 15) is 10.1 Å².